The summed E-state index contributed by atoms with van der Waals surface area (Å²) in [7, 11) is 0. The van der Waals surface area contributed by atoms with Gasteiger partial charge in [-0.1, -0.05) is 15.9 Å². The Morgan fingerprint density at radius 1 is 1.38 bits per heavy atom. The fourth-order valence-electron chi connectivity index (χ4n) is 1.35. The molecule has 1 aliphatic rings. The second kappa shape index (κ2) is 3.90. The molecule has 0 unspecified atom stereocenters. The highest BCUT2D eigenvalue weighted by atomic mass is 79.9. The van der Waals surface area contributed by atoms with Crippen LogP contribution >= 0.6 is 15.9 Å². The van der Waals surface area contributed by atoms with Gasteiger partial charge in [-0.05, 0) is 38.1 Å². The molecule has 0 amide bonds. The van der Waals surface area contributed by atoms with Gasteiger partial charge in [0, 0.05) is 4.47 Å². The number of halogens is 1. The second-order valence-electron chi connectivity index (χ2n) is 3.60. The highest BCUT2D eigenvalue weighted by Gasteiger charge is 2.49. The predicted molar refractivity (Wildman–Crippen MR) is 65.2 cm³/mol. The van der Waals surface area contributed by atoms with E-state index in [4.69, 9.17) is 0 Å². The quantitative estimate of drug-likeness (QED) is 0.784. The van der Waals surface area contributed by atoms with Crippen LogP contribution in [-0.2, 0) is 4.79 Å². The van der Waals surface area contributed by atoms with Gasteiger partial charge in [0.2, 0.25) is 0 Å². The number of ketones is 1. The molecule has 0 radical (unpaired) electrons. The van der Waals surface area contributed by atoms with Crippen LogP contribution in [0.1, 0.15) is 13.8 Å². The summed E-state index contributed by atoms with van der Waals surface area (Å²) in [6.07, 6.45) is 0. The monoisotopic (exact) mass is 279 g/mol. The first-order valence-corrected chi connectivity index (χ1v) is 5.60. The van der Waals surface area contributed by atoms with Crippen molar-refractivity contribution in [3.63, 3.8) is 0 Å². The van der Waals surface area contributed by atoms with Crippen molar-refractivity contribution < 1.29 is 4.79 Å². The number of hydrogen-bond donors (Lipinski definition) is 0. The standard InChI is InChI=1S/C11H10BrN3O/c1-7-11(13-7,8(2)16)15-14-10-5-3-9(12)4-6-10/h3-6H,1-2H3/t11-/m1/s1. The third-order valence-corrected chi connectivity index (χ3v) is 2.94. The van der Waals surface area contributed by atoms with Gasteiger partial charge in [-0.15, -0.1) is 5.11 Å². The normalized spacial score (nSPS) is 23.3. The zero-order valence-electron chi connectivity index (χ0n) is 8.94. The molecule has 0 spiro atoms. The summed E-state index contributed by atoms with van der Waals surface area (Å²) in [4.78, 5) is 15.4. The Hall–Kier alpha value is -1.36. The summed E-state index contributed by atoms with van der Waals surface area (Å²) in [5, 5.41) is 8.03. The van der Waals surface area contributed by atoms with Crippen molar-refractivity contribution in [3.05, 3.63) is 28.7 Å². The number of aliphatic imine (C=N–C) groups is 1. The van der Waals surface area contributed by atoms with Gasteiger partial charge >= 0.3 is 0 Å². The van der Waals surface area contributed by atoms with Crippen LogP contribution in [0.25, 0.3) is 0 Å². The van der Waals surface area contributed by atoms with Crippen LogP contribution in [0.15, 0.2) is 44.0 Å². The fraction of sp³-hybridized carbons (Fsp3) is 0.273. The van der Waals surface area contributed by atoms with Crippen molar-refractivity contribution in [2.75, 3.05) is 0 Å². The molecule has 0 bridgehead atoms. The molecule has 0 fully saturated rings. The van der Waals surface area contributed by atoms with Gasteiger partial charge < -0.3 is 0 Å². The molecule has 82 valence electrons. The summed E-state index contributed by atoms with van der Waals surface area (Å²) in [5.74, 6) is -0.0918. The van der Waals surface area contributed by atoms with E-state index in [1.54, 1.807) is 6.92 Å². The molecule has 0 aromatic heterocycles. The molecule has 1 atom stereocenters. The predicted octanol–water partition coefficient (Wildman–Crippen LogP) is 3.29. The van der Waals surface area contributed by atoms with Crippen molar-refractivity contribution in [1.82, 2.24) is 0 Å². The maximum absolute atomic E-state index is 11.3. The maximum atomic E-state index is 11.3. The van der Waals surface area contributed by atoms with Crippen molar-refractivity contribution in [2.45, 2.75) is 19.5 Å². The zero-order valence-corrected chi connectivity index (χ0v) is 10.5. The van der Waals surface area contributed by atoms with Crippen molar-refractivity contribution >= 4 is 33.1 Å². The molecule has 1 heterocycles. The minimum Gasteiger partial charge on any atom is -0.295 e. The Labute approximate surface area is 102 Å². The number of nitrogens with zero attached hydrogens (tertiary/aromatic N) is 3. The first-order valence-electron chi connectivity index (χ1n) is 4.81. The van der Waals surface area contributed by atoms with Crippen molar-refractivity contribution in [2.24, 2.45) is 15.2 Å². The fourth-order valence-corrected chi connectivity index (χ4v) is 1.62. The third-order valence-electron chi connectivity index (χ3n) is 2.41. The SMILES string of the molecule is CC(=O)[C@@]1(N=Nc2ccc(Br)cc2)N=C1C. The lowest BCUT2D eigenvalue weighted by molar-refractivity contribution is -0.118. The Morgan fingerprint density at radius 3 is 2.38 bits per heavy atom. The van der Waals surface area contributed by atoms with E-state index in [0.717, 1.165) is 10.2 Å². The topological polar surface area (TPSA) is 54.1 Å². The minimum atomic E-state index is -0.993. The summed E-state index contributed by atoms with van der Waals surface area (Å²) >= 11 is 3.33. The number of carbonyl (C=O) groups is 1. The van der Waals surface area contributed by atoms with Crippen molar-refractivity contribution in [3.8, 4) is 0 Å². The van der Waals surface area contributed by atoms with E-state index in [-0.39, 0.29) is 5.78 Å². The van der Waals surface area contributed by atoms with E-state index in [0.29, 0.717) is 5.69 Å². The van der Waals surface area contributed by atoms with Crippen molar-refractivity contribution in [1.29, 1.82) is 0 Å². The lowest BCUT2D eigenvalue weighted by Crippen LogP contribution is -2.23. The first-order chi connectivity index (χ1) is 7.54. The summed E-state index contributed by atoms with van der Waals surface area (Å²) in [5.41, 5.74) is 0.437. The average molecular weight is 280 g/mol. The molecule has 1 aromatic carbocycles. The Kier molecular flexibility index (Phi) is 2.71. The lowest BCUT2D eigenvalue weighted by Gasteiger charge is -2.01. The maximum Gasteiger partial charge on any atom is 0.266 e. The molecular weight excluding hydrogens is 270 g/mol. The number of Topliss-reactive ketones (excluding diaryl/α,β-unsaturated/α-hetero) is 1. The highest BCUT2D eigenvalue weighted by Crippen LogP contribution is 2.32. The van der Waals surface area contributed by atoms with E-state index in [1.807, 2.05) is 24.3 Å². The molecule has 16 heavy (non-hydrogen) atoms. The molecule has 0 saturated heterocycles. The molecule has 1 aliphatic heterocycles. The third kappa shape index (κ3) is 1.95. The Bertz CT molecular complexity index is 492. The Balaban J connectivity index is 2.16. The van der Waals surface area contributed by atoms with Crippen LogP contribution in [0.2, 0.25) is 0 Å². The van der Waals surface area contributed by atoms with E-state index < -0.39 is 5.66 Å². The van der Waals surface area contributed by atoms with Crippen LogP contribution in [-0.4, -0.2) is 17.2 Å². The smallest absolute Gasteiger partial charge is 0.266 e. The van der Waals surface area contributed by atoms with E-state index in [1.165, 1.54) is 6.92 Å². The second-order valence-corrected chi connectivity index (χ2v) is 4.52. The van der Waals surface area contributed by atoms with Gasteiger partial charge in [0.25, 0.3) is 5.66 Å². The van der Waals surface area contributed by atoms with Gasteiger partial charge in [0.15, 0.2) is 5.78 Å². The average Bonchev–Trinajstić information content (AvgIpc) is 2.90. The lowest BCUT2D eigenvalue weighted by atomic mass is 10.1. The van der Waals surface area contributed by atoms with Gasteiger partial charge in [-0.3, -0.25) is 4.79 Å². The number of azo groups is 1. The summed E-state index contributed by atoms with van der Waals surface area (Å²) < 4.78 is 0.978. The van der Waals surface area contributed by atoms with Crippen LogP contribution in [0.3, 0.4) is 0 Å². The molecule has 0 N–H and O–H groups in total. The molecule has 4 nitrogen and oxygen atoms in total. The minimum absolute atomic E-state index is 0.0918. The van der Waals surface area contributed by atoms with Gasteiger partial charge in [-0.25, -0.2) is 4.99 Å². The van der Waals surface area contributed by atoms with E-state index in [9.17, 15) is 4.79 Å². The highest BCUT2D eigenvalue weighted by molar-refractivity contribution is 9.10. The van der Waals surface area contributed by atoms with Gasteiger partial charge in [0.05, 0.1) is 11.4 Å². The van der Waals surface area contributed by atoms with Crippen LogP contribution in [0, 0.1) is 0 Å². The molecule has 5 heteroatoms. The number of carbonyl (C=O) groups excluding carboxylic acids is 1. The Morgan fingerprint density at radius 2 is 1.94 bits per heavy atom. The first kappa shape index (κ1) is 11.1. The van der Waals surface area contributed by atoms with E-state index >= 15 is 0 Å². The van der Waals surface area contributed by atoms with Gasteiger partial charge in [0.1, 0.15) is 0 Å². The molecule has 2 rings (SSSR count). The van der Waals surface area contributed by atoms with Crippen LogP contribution in [0.5, 0.6) is 0 Å². The van der Waals surface area contributed by atoms with E-state index in [2.05, 4.69) is 31.2 Å². The molecule has 0 aliphatic carbocycles. The van der Waals surface area contributed by atoms with Gasteiger partial charge in [-0.2, -0.15) is 5.11 Å². The zero-order chi connectivity index (χ0) is 11.8. The molecular formula is C11H10BrN3O. The molecule has 1 aromatic rings. The molecule has 0 saturated carbocycles. The van der Waals surface area contributed by atoms with Crippen LogP contribution < -0.4 is 0 Å². The summed E-state index contributed by atoms with van der Waals surface area (Å²) in [6.45, 7) is 3.25. The largest absolute Gasteiger partial charge is 0.295 e. The van der Waals surface area contributed by atoms with Crippen LogP contribution in [0.4, 0.5) is 5.69 Å². The number of benzene rings is 1. The number of rotatable bonds is 3. The number of hydrogen-bond acceptors (Lipinski definition) is 4. The summed E-state index contributed by atoms with van der Waals surface area (Å²) in [6, 6.07) is 7.38.